The number of hydrogen-bond donors (Lipinski definition) is 0. The Morgan fingerprint density at radius 2 is 1.42 bits per heavy atom. The quantitative estimate of drug-likeness (QED) is 0.706. The second-order valence-electron chi connectivity index (χ2n) is 6.76. The molecule has 2 aromatic rings. The summed E-state index contributed by atoms with van der Waals surface area (Å²) in [6.45, 7) is 1.52. The molecular weight excluding hydrogens is 369 g/mol. The van der Waals surface area contributed by atoms with Gasteiger partial charge in [0.2, 0.25) is 5.91 Å². The number of anilines is 1. The Morgan fingerprint density at radius 3 is 1.96 bits per heavy atom. The Balaban J connectivity index is 1.89. The molecule has 4 nitrogen and oxygen atoms in total. The van der Waals surface area contributed by atoms with Gasteiger partial charge in [0, 0.05) is 50.0 Å². The predicted molar refractivity (Wildman–Crippen MR) is 110 cm³/mol. The van der Waals surface area contributed by atoms with Crippen LogP contribution >= 0.6 is 23.2 Å². The number of carbonyl (C=O) groups is 1. The molecule has 0 aromatic heterocycles. The van der Waals surface area contributed by atoms with E-state index in [1.54, 1.807) is 11.0 Å². The van der Waals surface area contributed by atoms with Gasteiger partial charge in [-0.2, -0.15) is 0 Å². The van der Waals surface area contributed by atoms with Crippen LogP contribution in [0.4, 0.5) is 5.69 Å². The highest BCUT2D eigenvalue weighted by Gasteiger charge is 2.13. The molecule has 0 N–H and O–H groups in total. The van der Waals surface area contributed by atoms with Crippen molar-refractivity contribution in [3.05, 3.63) is 63.6 Å². The number of hydrogen-bond acceptors (Lipinski definition) is 3. The highest BCUT2D eigenvalue weighted by molar-refractivity contribution is 6.34. The third-order valence-corrected chi connectivity index (χ3v) is 4.51. The first kappa shape index (κ1) is 20.6. The molecule has 0 aliphatic carbocycles. The van der Waals surface area contributed by atoms with E-state index in [0.29, 0.717) is 29.7 Å². The molecule has 0 saturated carbocycles. The minimum atomic E-state index is 0.0670. The standard InChI is InChI=1S/C20H25Cl2N3O/c1-23(2)19-7-5-15(6-8-19)13-25(4)20(26)14-24(3)12-16-9-17(21)11-18(22)10-16/h5-11H,12-14H2,1-4H3. The third kappa shape index (κ3) is 6.20. The second-order valence-corrected chi connectivity index (χ2v) is 7.63. The van der Waals surface area contributed by atoms with Gasteiger partial charge in [-0.3, -0.25) is 9.69 Å². The van der Waals surface area contributed by atoms with Crippen LogP contribution in [0.2, 0.25) is 10.0 Å². The number of halogens is 2. The monoisotopic (exact) mass is 393 g/mol. The first-order chi connectivity index (χ1) is 12.2. The van der Waals surface area contributed by atoms with E-state index in [0.717, 1.165) is 16.8 Å². The average molecular weight is 394 g/mol. The number of amides is 1. The first-order valence-electron chi connectivity index (χ1n) is 8.38. The zero-order valence-corrected chi connectivity index (χ0v) is 17.2. The summed E-state index contributed by atoms with van der Waals surface area (Å²) in [7, 11) is 7.75. The van der Waals surface area contributed by atoms with Crippen LogP contribution < -0.4 is 4.90 Å². The Labute approximate surface area is 165 Å². The predicted octanol–water partition coefficient (Wildman–Crippen LogP) is 4.15. The Kier molecular flexibility index (Phi) is 7.33. The molecule has 0 aliphatic rings. The lowest BCUT2D eigenvalue weighted by Crippen LogP contribution is -2.36. The molecule has 0 spiro atoms. The van der Waals surface area contributed by atoms with Crippen LogP contribution in [0.3, 0.4) is 0 Å². The van der Waals surface area contributed by atoms with Gasteiger partial charge < -0.3 is 9.80 Å². The third-order valence-electron chi connectivity index (χ3n) is 4.08. The van der Waals surface area contributed by atoms with E-state index < -0.39 is 0 Å². The molecule has 0 fully saturated rings. The molecule has 0 unspecified atom stereocenters. The summed E-state index contributed by atoms with van der Waals surface area (Å²) in [6, 6.07) is 13.7. The number of benzene rings is 2. The van der Waals surface area contributed by atoms with Crippen molar-refractivity contribution >= 4 is 34.8 Å². The van der Waals surface area contributed by atoms with Crippen LogP contribution in [0.15, 0.2) is 42.5 Å². The highest BCUT2D eigenvalue weighted by Crippen LogP contribution is 2.20. The lowest BCUT2D eigenvalue weighted by Gasteiger charge is -2.22. The maximum absolute atomic E-state index is 12.5. The fraction of sp³-hybridized carbons (Fsp3) is 0.350. The molecule has 6 heteroatoms. The van der Waals surface area contributed by atoms with E-state index >= 15 is 0 Å². The van der Waals surface area contributed by atoms with Gasteiger partial charge in [0.25, 0.3) is 0 Å². The molecule has 0 saturated heterocycles. The zero-order valence-electron chi connectivity index (χ0n) is 15.7. The van der Waals surface area contributed by atoms with Crippen molar-refractivity contribution in [3.63, 3.8) is 0 Å². The van der Waals surface area contributed by atoms with Gasteiger partial charge >= 0.3 is 0 Å². The molecule has 0 aliphatic heterocycles. The highest BCUT2D eigenvalue weighted by atomic mass is 35.5. The van der Waals surface area contributed by atoms with E-state index in [-0.39, 0.29) is 5.91 Å². The fourth-order valence-corrected chi connectivity index (χ4v) is 3.25. The molecule has 0 heterocycles. The number of rotatable bonds is 7. The zero-order chi connectivity index (χ0) is 19.3. The first-order valence-corrected chi connectivity index (χ1v) is 9.14. The Morgan fingerprint density at radius 1 is 0.846 bits per heavy atom. The van der Waals surface area contributed by atoms with Crippen LogP contribution in [-0.4, -0.2) is 50.4 Å². The van der Waals surface area contributed by atoms with Crippen molar-refractivity contribution in [1.82, 2.24) is 9.80 Å². The van der Waals surface area contributed by atoms with Crippen molar-refractivity contribution < 1.29 is 4.79 Å². The van der Waals surface area contributed by atoms with E-state index in [4.69, 9.17) is 23.2 Å². The molecule has 0 radical (unpaired) electrons. The van der Waals surface area contributed by atoms with Crippen molar-refractivity contribution in [2.45, 2.75) is 13.1 Å². The molecule has 2 rings (SSSR count). The summed E-state index contributed by atoms with van der Waals surface area (Å²) >= 11 is 12.1. The lowest BCUT2D eigenvalue weighted by atomic mass is 10.2. The topological polar surface area (TPSA) is 26.8 Å². The molecule has 2 aromatic carbocycles. The van der Waals surface area contributed by atoms with Crippen LogP contribution in [0.1, 0.15) is 11.1 Å². The van der Waals surface area contributed by atoms with Gasteiger partial charge in [-0.05, 0) is 48.5 Å². The van der Waals surface area contributed by atoms with Crippen molar-refractivity contribution in [1.29, 1.82) is 0 Å². The van der Waals surface area contributed by atoms with Gasteiger partial charge in [-0.25, -0.2) is 0 Å². The Hall–Kier alpha value is -1.75. The second kappa shape index (κ2) is 9.26. The summed E-state index contributed by atoms with van der Waals surface area (Å²) in [4.78, 5) is 18.2. The SMILES string of the molecule is CN(CC(=O)N(C)Cc1ccc(N(C)C)cc1)Cc1cc(Cl)cc(Cl)c1. The van der Waals surface area contributed by atoms with Crippen LogP contribution in [0, 0.1) is 0 Å². The normalized spacial score (nSPS) is 10.9. The van der Waals surface area contributed by atoms with Crippen molar-refractivity contribution in [2.75, 3.05) is 39.6 Å². The van der Waals surface area contributed by atoms with Crippen molar-refractivity contribution in [3.8, 4) is 0 Å². The van der Waals surface area contributed by atoms with Crippen LogP contribution in [0.5, 0.6) is 0 Å². The van der Waals surface area contributed by atoms with E-state index in [2.05, 4.69) is 29.2 Å². The summed E-state index contributed by atoms with van der Waals surface area (Å²) in [5.74, 6) is 0.0670. The van der Waals surface area contributed by atoms with E-state index in [9.17, 15) is 4.79 Å². The van der Waals surface area contributed by atoms with Gasteiger partial charge in [0.15, 0.2) is 0 Å². The molecule has 140 valence electrons. The number of likely N-dealkylation sites (N-methyl/N-ethyl adjacent to an activating group) is 2. The molecule has 26 heavy (non-hydrogen) atoms. The summed E-state index contributed by atoms with van der Waals surface area (Å²) in [5.41, 5.74) is 3.23. The average Bonchev–Trinajstić information content (AvgIpc) is 2.54. The summed E-state index contributed by atoms with van der Waals surface area (Å²) in [5, 5.41) is 1.20. The van der Waals surface area contributed by atoms with Gasteiger partial charge in [0.05, 0.1) is 6.54 Å². The smallest absolute Gasteiger partial charge is 0.236 e. The summed E-state index contributed by atoms with van der Waals surface area (Å²) < 4.78 is 0. The van der Waals surface area contributed by atoms with Crippen LogP contribution in [0.25, 0.3) is 0 Å². The number of carbonyl (C=O) groups excluding carboxylic acids is 1. The largest absolute Gasteiger partial charge is 0.378 e. The Bertz CT molecular complexity index is 727. The van der Waals surface area contributed by atoms with E-state index in [1.165, 1.54) is 0 Å². The van der Waals surface area contributed by atoms with Gasteiger partial charge in [-0.15, -0.1) is 0 Å². The molecular formula is C20H25Cl2N3O. The van der Waals surface area contributed by atoms with Crippen molar-refractivity contribution in [2.24, 2.45) is 0 Å². The molecule has 0 bridgehead atoms. The minimum Gasteiger partial charge on any atom is -0.378 e. The fourth-order valence-electron chi connectivity index (χ4n) is 2.68. The molecule has 0 atom stereocenters. The lowest BCUT2D eigenvalue weighted by molar-refractivity contribution is -0.131. The van der Waals surface area contributed by atoms with E-state index in [1.807, 2.05) is 45.2 Å². The van der Waals surface area contributed by atoms with Gasteiger partial charge in [-0.1, -0.05) is 35.3 Å². The summed E-state index contributed by atoms with van der Waals surface area (Å²) in [6.07, 6.45) is 0. The maximum Gasteiger partial charge on any atom is 0.236 e. The van der Waals surface area contributed by atoms with Gasteiger partial charge in [0.1, 0.15) is 0 Å². The number of nitrogens with zero attached hydrogens (tertiary/aromatic N) is 3. The maximum atomic E-state index is 12.5. The molecule has 1 amide bonds. The minimum absolute atomic E-state index is 0.0670. The van der Waals surface area contributed by atoms with Crippen LogP contribution in [-0.2, 0) is 17.9 Å².